The highest BCUT2D eigenvalue weighted by Gasteiger charge is 2.04. The van der Waals surface area contributed by atoms with Gasteiger partial charge in [-0.3, -0.25) is 4.98 Å². The molecule has 2 aromatic heterocycles. The molecule has 0 saturated heterocycles. The van der Waals surface area contributed by atoms with Crippen molar-refractivity contribution < 1.29 is 0 Å². The Hall–Kier alpha value is -1.61. The van der Waals surface area contributed by atoms with Crippen LogP contribution in [0.5, 0.6) is 0 Å². The Labute approximate surface area is 112 Å². The van der Waals surface area contributed by atoms with Crippen LogP contribution in [0.1, 0.15) is 11.3 Å². The van der Waals surface area contributed by atoms with Crippen molar-refractivity contribution in [2.24, 2.45) is 0 Å². The molecule has 0 atom stereocenters. The summed E-state index contributed by atoms with van der Waals surface area (Å²) < 4.78 is 0. The molecule has 0 bridgehead atoms. The highest BCUT2D eigenvalue weighted by Crippen LogP contribution is 2.13. The van der Waals surface area contributed by atoms with Crippen LogP contribution in [0.25, 0.3) is 0 Å². The van der Waals surface area contributed by atoms with Gasteiger partial charge < -0.3 is 4.90 Å². The molecule has 0 aliphatic heterocycles. The zero-order chi connectivity index (χ0) is 12.8. The minimum Gasteiger partial charge on any atom is -0.359 e. The van der Waals surface area contributed by atoms with Crippen LogP contribution in [0.4, 0.5) is 5.82 Å². The molecule has 0 spiro atoms. The molecule has 94 valence electrons. The summed E-state index contributed by atoms with van der Waals surface area (Å²) in [7, 11) is 2.03. The second kappa shape index (κ2) is 6.36. The van der Waals surface area contributed by atoms with Gasteiger partial charge in [-0.05, 0) is 29.8 Å². The largest absolute Gasteiger partial charge is 0.359 e. The smallest absolute Gasteiger partial charge is 0.128 e. The quantitative estimate of drug-likeness (QED) is 0.775. The molecule has 0 amide bonds. The van der Waals surface area contributed by atoms with E-state index in [1.165, 1.54) is 0 Å². The second-order valence-corrected chi connectivity index (χ2v) is 4.42. The lowest BCUT2D eigenvalue weighted by Crippen LogP contribution is -2.21. The first-order valence-electron chi connectivity index (χ1n) is 5.91. The van der Waals surface area contributed by atoms with Crippen molar-refractivity contribution in [1.29, 1.82) is 0 Å². The predicted octanol–water partition coefficient (Wildman–Crippen LogP) is 2.89. The van der Waals surface area contributed by atoms with Crippen LogP contribution in [0, 0.1) is 0 Å². The summed E-state index contributed by atoms with van der Waals surface area (Å²) in [6, 6.07) is 9.93. The molecule has 2 heterocycles. The fourth-order valence-electron chi connectivity index (χ4n) is 1.70. The van der Waals surface area contributed by atoms with E-state index in [9.17, 15) is 0 Å². The van der Waals surface area contributed by atoms with Crippen LogP contribution in [0.3, 0.4) is 0 Å². The summed E-state index contributed by atoms with van der Waals surface area (Å²) >= 11 is 5.82. The Morgan fingerprint density at radius 2 is 2.06 bits per heavy atom. The highest BCUT2D eigenvalue weighted by atomic mass is 35.5. The molecule has 0 unspecified atom stereocenters. The normalized spacial score (nSPS) is 10.3. The van der Waals surface area contributed by atoms with Gasteiger partial charge in [-0.1, -0.05) is 6.07 Å². The van der Waals surface area contributed by atoms with Crippen LogP contribution in [-0.2, 0) is 12.3 Å². The second-order valence-electron chi connectivity index (χ2n) is 4.15. The zero-order valence-electron chi connectivity index (χ0n) is 10.4. The van der Waals surface area contributed by atoms with E-state index in [1.807, 2.05) is 43.6 Å². The van der Waals surface area contributed by atoms with Crippen molar-refractivity contribution in [3.8, 4) is 0 Å². The van der Waals surface area contributed by atoms with Gasteiger partial charge >= 0.3 is 0 Å². The third-order valence-corrected chi connectivity index (χ3v) is 3.09. The maximum Gasteiger partial charge on any atom is 0.128 e. The van der Waals surface area contributed by atoms with Gasteiger partial charge in [0.15, 0.2) is 0 Å². The molecule has 4 heteroatoms. The first-order chi connectivity index (χ1) is 8.79. The van der Waals surface area contributed by atoms with E-state index in [0.29, 0.717) is 5.88 Å². The van der Waals surface area contributed by atoms with Crippen molar-refractivity contribution in [1.82, 2.24) is 9.97 Å². The van der Waals surface area contributed by atoms with E-state index in [-0.39, 0.29) is 0 Å². The Morgan fingerprint density at radius 3 is 2.78 bits per heavy atom. The lowest BCUT2D eigenvalue weighted by molar-refractivity contribution is 0.838. The van der Waals surface area contributed by atoms with Gasteiger partial charge in [-0.2, -0.15) is 0 Å². The Morgan fingerprint density at radius 1 is 1.17 bits per heavy atom. The summed E-state index contributed by atoms with van der Waals surface area (Å²) in [5, 5.41) is 0. The van der Waals surface area contributed by atoms with E-state index in [4.69, 9.17) is 11.6 Å². The SMILES string of the molecule is CN(CCc1ccccn1)c1cc(CCl)ccn1. The molecule has 0 aliphatic carbocycles. The van der Waals surface area contributed by atoms with Crippen LogP contribution in [0.2, 0.25) is 0 Å². The van der Waals surface area contributed by atoms with E-state index < -0.39 is 0 Å². The molecule has 0 radical (unpaired) electrons. The molecular formula is C14H16ClN3. The average molecular weight is 262 g/mol. The third-order valence-electron chi connectivity index (χ3n) is 2.78. The summed E-state index contributed by atoms with van der Waals surface area (Å²) in [6.07, 6.45) is 4.52. The molecule has 0 aliphatic rings. The maximum absolute atomic E-state index is 5.82. The van der Waals surface area contributed by atoms with Gasteiger partial charge in [0.2, 0.25) is 0 Å². The number of halogens is 1. The molecule has 2 aromatic rings. The number of anilines is 1. The highest BCUT2D eigenvalue weighted by molar-refractivity contribution is 6.17. The monoisotopic (exact) mass is 261 g/mol. The van der Waals surface area contributed by atoms with Gasteiger partial charge in [0.05, 0.1) is 0 Å². The van der Waals surface area contributed by atoms with E-state index >= 15 is 0 Å². The average Bonchev–Trinajstić information content (AvgIpc) is 2.46. The Kier molecular flexibility index (Phi) is 4.53. The minimum atomic E-state index is 0.517. The fraction of sp³-hybridized carbons (Fsp3) is 0.286. The predicted molar refractivity (Wildman–Crippen MR) is 75.0 cm³/mol. The van der Waals surface area contributed by atoms with Crippen LogP contribution >= 0.6 is 11.6 Å². The molecule has 0 N–H and O–H groups in total. The summed E-state index contributed by atoms with van der Waals surface area (Å²) in [5.41, 5.74) is 2.18. The number of rotatable bonds is 5. The number of aromatic nitrogens is 2. The number of pyridine rings is 2. The minimum absolute atomic E-state index is 0.517. The number of hydrogen-bond donors (Lipinski definition) is 0. The topological polar surface area (TPSA) is 29.0 Å². The molecule has 3 nitrogen and oxygen atoms in total. The molecule has 18 heavy (non-hydrogen) atoms. The van der Waals surface area contributed by atoms with Crippen molar-refractivity contribution in [2.75, 3.05) is 18.5 Å². The van der Waals surface area contributed by atoms with Crippen LogP contribution < -0.4 is 4.90 Å². The summed E-state index contributed by atoms with van der Waals surface area (Å²) in [6.45, 7) is 0.885. The van der Waals surface area contributed by atoms with Crippen molar-refractivity contribution in [3.05, 3.63) is 54.0 Å². The molecule has 2 rings (SSSR count). The Balaban J connectivity index is 1.97. The van der Waals surface area contributed by atoms with E-state index in [2.05, 4.69) is 14.9 Å². The summed E-state index contributed by atoms with van der Waals surface area (Å²) in [5.74, 6) is 1.47. The zero-order valence-corrected chi connectivity index (χ0v) is 11.1. The van der Waals surface area contributed by atoms with Gasteiger partial charge in [0.1, 0.15) is 5.82 Å². The lowest BCUT2D eigenvalue weighted by atomic mass is 10.2. The van der Waals surface area contributed by atoms with E-state index in [0.717, 1.165) is 30.0 Å². The first-order valence-corrected chi connectivity index (χ1v) is 6.45. The van der Waals surface area contributed by atoms with Gasteiger partial charge in [-0.15, -0.1) is 11.6 Å². The third kappa shape index (κ3) is 3.44. The van der Waals surface area contributed by atoms with E-state index in [1.54, 1.807) is 6.20 Å². The van der Waals surface area contributed by atoms with Crippen molar-refractivity contribution in [2.45, 2.75) is 12.3 Å². The molecular weight excluding hydrogens is 246 g/mol. The fourth-order valence-corrected chi connectivity index (χ4v) is 1.86. The van der Waals surface area contributed by atoms with Crippen LogP contribution in [0.15, 0.2) is 42.7 Å². The number of likely N-dealkylation sites (N-methyl/N-ethyl adjacent to an activating group) is 1. The molecule has 0 aromatic carbocycles. The lowest BCUT2D eigenvalue weighted by Gasteiger charge is -2.18. The van der Waals surface area contributed by atoms with Gasteiger partial charge in [-0.25, -0.2) is 4.98 Å². The number of nitrogens with zero attached hydrogens (tertiary/aromatic N) is 3. The van der Waals surface area contributed by atoms with Crippen molar-refractivity contribution in [3.63, 3.8) is 0 Å². The van der Waals surface area contributed by atoms with Gasteiger partial charge in [0, 0.05) is 44.0 Å². The van der Waals surface area contributed by atoms with Crippen molar-refractivity contribution >= 4 is 17.4 Å². The van der Waals surface area contributed by atoms with Gasteiger partial charge in [0.25, 0.3) is 0 Å². The number of alkyl halides is 1. The first kappa shape index (κ1) is 12.8. The standard InChI is InChI=1S/C14H16ClN3/c1-18(9-6-13-4-2-3-7-16-13)14-10-12(11-15)5-8-17-14/h2-5,7-8,10H,6,9,11H2,1H3. The summed E-state index contributed by atoms with van der Waals surface area (Å²) in [4.78, 5) is 10.8. The van der Waals surface area contributed by atoms with Crippen LogP contribution in [-0.4, -0.2) is 23.6 Å². The maximum atomic E-state index is 5.82. The molecule has 0 saturated carbocycles. The Bertz CT molecular complexity index is 487. The number of hydrogen-bond acceptors (Lipinski definition) is 3. The molecule has 0 fully saturated rings.